The zero-order chi connectivity index (χ0) is 8.89. The first-order chi connectivity index (χ1) is 6.33. The Morgan fingerprint density at radius 2 is 2.15 bits per heavy atom. The van der Waals surface area contributed by atoms with Crippen LogP contribution in [0.15, 0.2) is 0 Å². The molecule has 1 spiro atoms. The molecule has 0 aromatic heterocycles. The normalized spacial score (nSPS) is 41.1. The van der Waals surface area contributed by atoms with Gasteiger partial charge in [-0.2, -0.15) is 0 Å². The average Bonchev–Trinajstić information content (AvgIpc) is 2.72. The van der Waals surface area contributed by atoms with Crippen molar-refractivity contribution in [2.45, 2.75) is 22.6 Å². The maximum Gasteiger partial charge on any atom is 0.248 e. The van der Waals surface area contributed by atoms with Crippen LogP contribution in [-0.4, -0.2) is 40.1 Å². The molecule has 72 valence electrons. The molecule has 13 heavy (non-hydrogen) atoms. The molecule has 1 amide bonds. The Balaban J connectivity index is 1.96. The van der Waals surface area contributed by atoms with Crippen LogP contribution >= 0.6 is 23.5 Å². The first kappa shape index (κ1) is 8.44. The molecule has 3 aliphatic rings. The first-order valence-electron chi connectivity index (χ1n) is 4.65. The lowest BCUT2D eigenvalue weighted by molar-refractivity contribution is -0.119. The average molecular weight is 216 g/mol. The molecular formula is C8H12N2OS2. The van der Waals surface area contributed by atoms with E-state index in [1.54, 1.807) is 0 Å². The number of carbonyl (C=O) groups is 1. The number of fused-ring (bicyclic) bond motifs is 2. The quantitative estimate of drug-likeness (QED) is 0.599. The summed E-state index contributed by atoms with van der Waals surface area (Å²) in [6.45, 7) is 1.05. The van der Waals surface area contributed by atoms with Crippen LogP contribution in [0.1, 0.15) is 6.42 Å². The van der Waals surface area contributed by atoms with E-state index in [1.165, 1.54) is 0 Å². The Morgan fingerprint density at radius 3 is 2.92 bits per heavy atom. The summed E-state index contributed by atoms with van der Waals surface area (Å²) in [5.74, 6) is 2.48. The fourth-order valence-corrected chi connectivity index (χ4v) is 5.75. The first-order valence-corrected chi connectivity index (χ1v) is 6.62. The minimum absolute atomic E-state index is 0.179. The van der Waals surface area contributed by atoms with Gasteiger partial charge in [-0.05, 0) is 13.0 Å². The molecule has 0 bridgehead atoms. The largest absolute Gasteiger partial charge is 0.350 e. The van der Waals surface area contributed by atoms with E-state index in [-0.39, 0.29) is 9.99 Å². The smallest absolute Gasteiger partial charge is 0.248 e. The van der Waals surface area contributed by atoms with Crippen molar-refractivity contribution < 1.29 is 4.79 Å². The summed E-state index contributed by atoms with van der Waals surface area (Å²) in [6.07, 6.45) is 1.10. The number of amides is 1. The van der Waals surface area contributed by atoms with Crippen LogP contribution in [0.4, 0.5) is 0 Å². The van der Waals surface area contributed by atoms with Crippen molar-refractivity contribution in [1.29, 1.82) is 0 Å². The van der Waals surface area contributed by atoms with E-state index in [1.807, 2.05) is 23.5 Å². The van der Waals surface area contributed by atoms with Gasteiger partial charge in [0, 0.05) is 17.5 Å². The topological polar surface area (TPSA) is 41.1 Å². The van der Waals surface area contributed by atoms with Crippen LogP contribution in [0.2, 0.25) is 0 Å². The second-order valence-corrected chi connectivity index (χ2v) is 6.61. The third-order valence-electron chi connectivity index (χ3n) is 2.98. The van der Waals surface area contributed by atoms with Gasteiger partial charge in [0.2, 0.25) is 5.91 Å². The van der Waals surface area contributed by atoms with Crippen molar-refractivity contribution in [2.75, 3.05) is 18.1 Å². The Kier molecular flexibility index (Phi) is 1.82. The van der Waals surface area contributed by atoms with Gasteiger partial charge >= 0.3 is 0 Å². The standard InChI is InChI=1S/C8H12N2OS2/c11-7-8(12-3-4-13-8)6-5(10-7)1-2-9-6/h5-6,9H,1-4H2,(H,10,11). The molecule has 0 radical (unpaired) electrons. The van der Waals surface area contributed by atoms with Crippen molar-refractivity contribution in [3.63, 3.8) is 0 Å². The van der Waals surface area contributed by atoms with Gasteiger partial charge in [-0.3, -0.25) is 4.79 Å². The van der Waals surface area contributed by atoms with Gasteiger partial charge in [0.05, 0.1) is 6.04 Å². The van der Waals surface area contributed by atoms with E-state index in [4.69, 9.17) is 0 Å². The van der Waals surface area contributed by atoms with E-state index in [2.05, 4.69) is 10.6 Å². The van der Waals surface area contributed by atoms with Crippen LogP contribution < -0.4 is 10.6 Å². The van der Waals surface area contributed by atoms with Gasteiger partial charge < -0.3 is 10.6 Å². The summed E-state index contributed by atoms with van der Waals surface area (Å²) in [7, 11) is 0. The highest BCUT2D eigenvalue weighted by Crippen LogP contribution is 2.51. The lowest BCUT2D eigenvalue weighted by Gasteiger charge is -2.24. The molecule has 5 heteroatoms. The van der Waals surface area contributed by atoms with E-state index in [9.17, 15) is 4.79 Å². The Morgan fingerprint density at radius 1 is 1.38 bits per heavy atom. The van der Waals surface area contributed by atoms with Crippen LogP contribution in [0.5, 0.6) is 0 Å². The zero-order valence-corrected chi connectivity index (χ0v) is 8.84. The Labute approximate surface area is 85.8 Å². The second-order valence-electron chi connectivity index (χ2n) is 3.66. The Hall–Kier alpha value is 0.130. The Bertz CT molecular complexity index is 253. The van der Waals surface area contributed by atoms with Crippen LogP contribution in [0.25, 0.3) is 0 Å². The monoisotopic (exact) mass is 216 g/mol. The van der Waals surface area contributed by atoms with Gasteiger partial charge in [0.1, 0.15) is 0 Å². The van der Waals surface area contributed by atoms with Crippen molar-refractivity contribution in [1.82, 2.24) is 10.6 Å². The lowest BCUT2D eigenvalue weighted by atomic mass is 10.1. The molecule has 3 saturated heterocycles. The third kappa shape index (κ3) is 1.01. The predicted octanol–water partition coefficient (Wildman–Crippen LogP) is 0.0230. The number of carbonyl (C=O) groups excluding carboxylic acids is 1. The molecule has 2 unspecified atom stereocenters. The molecule has 0 aromatic rings. The van der Waals surface area contributed by atoms with Crippen LogP contribution in [0.3, 0.4) is 0 Å². The highest BCUT2D eigenvalue weighted by molar-refractivity contribution is 8.22. The number of nitrogens with one attached hydrogen (secondary N) is 2. The molecule has 3 aliphatic heterocycles. The minimum Gasteiger partial charge on any atom is -0.350 e. The zero-order valence-electron chi connectivity index (χ0n) is 7.21. The molecule has 3 nitrogen and oxygen atoms in total. The summed E-state index contributed by atoms with van der Waals surface area (Å²) in [6, 6.07) is 0.767. The predicted molar refractivity (Wildman–Crippen MR) is 56.0 cm³/mol. The molecule has 3 heterocycles. The van der Waals surface area contributed by atoms with Crippen LogP contribution in [-0.2, 0) is 4.79 Å². The third-order valence-corrected chi connectivity index (χ3v) is 6.50. The molecule has 0 aliphatic carbocycles. The van der Waals surface area contributed by atoms with Crippen molar-refractivity contribution in [3.05, 3.63) is 0 Å². The molecule has 2 atom stereocenters. The van der Waals surface area contributed by atoms with Gasteiger partial charge in [-0.25, -0.2) is 0 Å². The highest BCUT2D eigenvalue weighted by Gasteiger charge is 2.59. The molecule has 0 saturated carbocycles. The van der Waals surface area contributed by atoms with Gasteiger partial charge in [-0.15, -0.1) is 23.5 Å². The van der Waals surface area contributed by atoms with Crippen LogP contribution in [0, 0.1) is 0 Å². The summed E-state index contributed by atoms with van der Waals surface area (Å²) < 4.78 is -0.179. The summed E-state index contributed by atoms with van der Waals surface area (Å²) in [5, 5.41) is 6.56. The number of hydrogen-bond acceptors (Lipinski definition) is 4. The van der Waals surface area contributed by atoms with Crippen molar-refractivity contribution in [3.8, 4) is 0 Å². The lowest BCUT2D eigenvalue weighted by Crippen LogP contribution is -2.44. The van der Waals surface area contributed by atoms with E-state index in [0.717, 1.165) is 24.5 Å². The molecule has 0 aromatic carbocycles. The number of hydrogen-bond donors (Lipinski definition) is 2. The van der Waals surface area contributed by atoms with Gasteiger partial charge in [0.25, 0.3) is 0 Å². The van der Waals surface area contributed by atoms with E-state index >= 15 is 0 Å². The molecule has 2 N–H and O–H groups in total. The maximum atomic E-state index is 11.8. The molecule has 3 rings (SSSR count). The minimum atomic E-state index is -0.179. The molecular weight excluding hydrogens is 204 g/mol. The summed E-state index contributed by atoms with van der Waals surface area (Å²) in [4.78, 5) is 11.8. The maximum absolute atomic E-state index is 11.8. The highest BCUT2D eigenvalue weighted by atomic mass is 32.2. The molecule has 3 fully saturated rings. The summed E-state index contributed by atoms with van der Waals surface area (Å²) in [5.41, 5.74) is 0. The number of rotatable bonds is 0. The van der Waals surface area contributed by atoms with Crippen molar-refractivity contribution >= 4 is 29.4 Å². The fraction of sp³-hybridized carbons (Fsp3) is 0.875. The van der Waals surface area contributed by atoms with Gasteiger partial charge in [-0.1, -0.05) is 0 Å². The van der Waals surface area contributed by atoms with E-state index in [0.29, 0.717) is 12.1 Å². The SMILES string of the molecule is O=C1NC2CCNC2C12SCCS2. The second kappa shape index (κ2) is 2.81. The van der Waals surface area contributed by atoms with Crippen molar-refractivity contribution in [2.24, 2.45) is 0 Å². The fourth-order valence-electron chi connectivity index (χ4n) is 2.41. The number of thioether (sulfide) groups is 2. The van der Waals surface area contributed by atoms with E-state index < -0.39 is 0 Å². The van der Waals surface area contributed by atoms with Gasteiger partial charge in [0.15, 0.2) is 4.08 Å². The summed E-state index contributed by atoms with van der Waals surface area (Å²) >= 11 is 3.65.